The molecule has 5 heteroatoms. The Hall–Kier alpha value is -0.970. The van der Waals surface area contributed by atoms with Gasteiger partial charge in [0.1, 0.15) is 6.04 Å². The predicted octanol–water partition coefficient (Wildman–Crippen LogP) is 1.33. The highest BCUT2D eigenvalue weighted by atomic mass is 32.2. The molecule has 0 unspecified atom stereocenters. The predicted molar refractivity (Wildman–Crippen MR) is 59.6 cm³/mol. The number of hydrogen-bond donors (Lipinski definition) is 1. The summed E-state index contributed by atoms with van der Waals surface area (Å²) >= 11 is 1.43. The standard InChI is InChI=1S/C10H15NO3S/c1-15-7-5-9(12)11-6-3-2-4-8(11)10(13)14/h5,7-8H,2-4,6H2,1H3,(H,13,14)/b7-5+/t8-/m1/s1. The van der Waals surface area contributed by atoms with Crippen LogP contribution in [0.5, 0.6) is 0 Å². The van der Waals surface area contributed by atoms with Crippen LogP contribution in [-0.2, 0) is 9.59 Å². The number of hydrogen-bond acceptors (Lipinski definition) is 3. The Balaban J connectivity index is 2.67. The Labute approximate surface area is 93.3 Å². The van der Waals surface area contributed by atoms with Crippen molar-refractivity contribution in [1.82, 2.24) is 4.90 Å². The minimum Gasteiger partial charge on any atom is -0.480 e. The van der Waals surface area contributed by atoms with E-state index in [0.717, 1.165) is 12.8 Å². The van der Waals surface area contributed by atoms with E-state index < -0.39 is 12.0 Å². The molecular formula is C10H15NO3S. The Bertz CT molecular complexity index is 278. The first-order valence-corrected chi connectivity index (χ1v) is 6.18. The molecule has 0 aliphatic carbocycles. The Morgan fingerprint density at radius 1 is 1.47 bits per heavy atom. The minimum atomic E-state index is -0.902. The Morgan fingerprint density at radius 3 is 2.80 bits per heavy atom. The average Bonchev–Trinajstić information content (AvgIpc) is 2.25. The molecule has 1 amide bonds. The van der Waals surface area contributed by atoms with Crippen molar-refractivity contribution in [3.8, 4) is 0 Å². The normalized spacial score (nSPS) is 21.9. The van der Waals surface area contributed by atoms with Crippen LogP contribution in [0.25, 0.3) is 0 Å². The SMILES string of the molecule is CS/C=C/C(=O)N1CCCC[C@@H]1C(=O)O. The van der Waals surface area contributed by atoms with Crippen LogP contribution in [-0.4, -0.2) is 40.7 Å². The van der Waals surface area contributed by atoms with Crippen LogP contribution < -0.4 is 0 Å². The lowest BCUT2D eigenvalue weighted by Crippen LogP contribution is -2.47. The fraction of sp³-hybridized carbons (Fsp3) is 0.600. The summed E-state index contributed by atoms with van der Waals surface area (Å²) in [5.41, 5.74) is 0. The van der Waals surface area contributed by atoms with Gasteiger partial charge in [-0.2, -0.15) is 0 Å². The van der Waals surface area contributed by atoms with Gasteiger partial charge in [-0.15, -0.1) is 11.8 Å². The Morgan fingerprint density at radius 2 is 2.20 bits per heavy atom. The molecule has 1 aliphatic rings. The van der Waals surface area contributed by atoms with E-state index in [9.17, 15) is 9.59 Å². The molecule has 1 aliphatic heterocycles. The number of piperidine rings is 1. The first-order valence-electron chi connectivity index (χ1n) is 4.89. The molecular weight excluding hydrogens is 214 g/mol. The molecule has 0 bridgehead atoms. The van der Waals surface area contributed by atoms with Crippen molar-refractivity contribution in [2.45, 2.75) is 25.3 Å². The van der Waals surface area contributed by atoms with Crippen molar-refractivity contribution in [2.24, 2.45) is 0 Å². The zero-order valence-electron chi connectivity index (χ0n) is 8.68. The monoisotopic (exact) mass is 229 g/mol. The number of aliphatic carboxylic acids is 1. The first kappa shape index (κ1) is 12.1. The van der Waals surface area contributed by atoms with Crippen LogP contribution in [0, 0.1) is 0 Å². The van der Waals surface area contributed by atoms with E-state index in [4.69, 9.17) is 5.11 Å². The van der Waals surface area contributed by atoms with E-state index in [1.807, 2.05) is 6.26 Å². The summed E-state index contributed by atoms with van der Waals surface area (Å²) in [5, 5.41) is 10.6. The molecule has 84 valence electrons. The number of likely N-dealkylation sites (tertiary alicyclic amines) is 1. The van der Waals surface area contributed by atoms with E-state index in [-0.39, 0.29) is 5.91 Å². The largest absolute Gasteiger partial charge is 0.480 e. The molecule has 4 nitrogen and oxygen atoms in total. The lowest BCUT2D eigenvalue weighted by atomic mass is 10.0. The summed E-state index contributed by atoms with van der Waals surface area (Å²) in [5.74, 6) is -1.10. The third-order valence-electron chi connectivity index (χ3n) is 2.42. The smallest absolute Gasteiger partial charge is 0.326 e. The maximum absolute atomic E-state index is 11.6. The van der Waals surface area contributed by atoms with Gasteiger partial charge < -0.3 is 10.0 Å². The molecule has 1 atom stereocenters. The molecule has 1 N–H and O–H groups in total. The van der Waals surface area contributed by atoms with Crippen molar-refractivity contribution in [3.05, 3.63) is 11.5 Å². The van der Waals surface area contributed by atoms with Gasteiger partial charge in [0.25, 0.3) is 0 Å². The summed E-state index contributed by atoms with van der Waals surface area (Å²) in [4.78, 5) is 24.0. The summed E-state index contributed by atoms with van der Waals surface area (Å²) in [6, 6.07) is -0.641. The van der Waals surface area contributed by atoms with E-state index in [2.05, 4.69) is 0 Å². The molecule has 0 spiro atoms. The summed E-state index contributed by atoms with van der Waals surface area (Å²) in [6.07, 6.45) is 5.63. The molecule has 0 aromatic rings. The van der Waals surface area contributed by atoms with Crippen molar-refractivity contribution in [3.63, 3.8) is 0 Å². The van der Waals surface area contributed by atoms with Gasteiger partial charge in [0.2, 0.25) is 5.91 Å². The lowest BCUT2D eigenvalue weighted by molar-refractivity contribution is -0.150. The van der Waals surface area contributed by atoms with Gasteiger partial charge in [-0.25, -0.2) is 4.79 Å². The number of amides is 1. The Kier molecular flexibility index (Phi) is 4.68. The van der Waals surface area contributed by atoms with E-state index in [1.165, 1.54) is 22.7 Å². The molecule has 15 heavy (non-hydrogen) atoms. The van der Waals surface area contributed by atoms with Gasteiger partial charge in [-0.1, -0.05) is 0 Å². The van der Waals surface area contributed by atoms with Gasteiger partial charge in [0.15, 0.2) is 0 Å². The van der Waals surface area contributed by atoms with Gasteiger partial charge >= 0.3 is 5.97 Å². The molecule has 0 aromatic heterocycles. The summed E-state index contributed by atoms with van der Waals surface area (Å²) in [7, 11) is 0. The minimum absolute atomic E-state index is 0.198. The molecule has 0 radical (unpaired) electrons. The second kappa shape index (κ2) is 5.80. The molecule has 1 saturated heterocycles. The van der Waals surface area contributed by atoms with E-state index in [1.54, 1.807) is 5.41 Å². The van der Waals surface area contributed by atoms with Crippen LogP contribution in [0.3, 0.4) is 0 Å². The number of carbonyl (C=O) groups is 2. The van der Waals surface area contributed by atoms with Crippen molar-refractivity contribution < 1.29 is 14.7 Å². The highest BCUT2D eigenvalue weighted by molar-refractivity contribution is 8.01. The maximum Gasteiger partial charge on any atom is 0.326 e. The average molecular weight is 229 g/mol. The van der Waals surface area contributed by atoms with E-state index >= 15 is 0 Å². The van der Waals surface area contributed by atoms with E-state index in [0.29, 0.717) is 13.0 Å². The second-order valence-electron chi connectivity index (χ2n) is 3.42. The van der Waals surface area contributed by atoms with Gasteiger partial charge in [0, 0.05) is 12.6 Å². The zero-order chi connectivity index (χ0) is 11.3. The second-order valence-corrected chi connectivity index (χ2v) is 4.16. The third kappa shape index (κ3) is 3.27. The highest BCUT2D eigenvalue weighted by Gasteiger charge is 2.30. The summed E-state index contributed by atoms with van der Waals surface area (Å²) in [6.45, 7) is 0.550. The fourth-order valence-electron chi connectivity index (χ4n) is 1.67. The molecule has 1 heterocycles. The molecule has 0 aromatic carbocycles. The van der Waals surface area contributed by atoms with Crippen LogP contribution >= 0.6 is 11.8 Å². The summed E-state index contributed by atoms with van der Waals surface area (Å²) < 4.78 is 0. The number of nitrogens with zero attached hydrogens (tertiary/aromatic N) is 1. The molecule has 1 rings (SSSR count). The maximum atomic E-state index is 11.6. The van der Waals surface area contributed by atoms with Crippen molar-refractivity contribution in [1.29, 1.82) is 0 Å². The first-order chi connectivity index (χ1) is 7.16. The topological polar surface area (TPSA) is 57.6 Å². The number of carboxylic acids is 1. The molecule has 1 fully saturated rings. The van der Waals surface area contributed by atoms with Crippen molar-refractivity contribution >= 4 is 23.6 Å². The van der Waals surface area contributed by atoms with Gasteiger partial charge in [-0.05, 0) is 30.9 Å². The zero-order valence-corrected chi connectivity index (χ0v) is 9.50. The third-order valence-corrected chi connectivity index (χ3v) is 2.83. The van der Waals surface area contributed by atoms with Gasteiger partial charge in [0.05, 0.1) is 0 Å². The van der Waals surface area contributed by atoms with Crippen molar-refractivity contribution in [2.75, 3.05) is 12.8 Å². The number of thioether (sulfide) groups is 1. The van der Waals surface area contributed by atoms with Crippen LogP contribution in [0.4, 0.5) is 0 Å². The number of rotatable bonds is 3. The number of carbonyl (C=O) groups excluding carboxylic acids is 1. The number of carboxylic acid groups (broad SMARTS) is 1. The van der Waals surface area contributed by atoms with Crippen LogP contribution in [0.1, 0.15) is 19.3 Å². The van der Waals surface area contributed by atoms with Crippen LogP contribution in [0.2, 0.25) is 0 Å². The van der Waals surface area contributed by atoms with Gasteiger partial charge in [-0.3, -0.25) is 4.79 Å². The highest BCUT2D eigenvalue weighted by Crippen LogP contribution is 2.17. The van der Waals surface area contributed by atoms with Crippen LogP contribution in [0.15, 0.2) is 11.5 Å². The quantitative estimate of drug-likeness (QED) is 0.742. The lowest BCUT2D eigenvalue weighted by Gasteiger charge is -2.32. The molecule has 0 saturated carbocycles. The fourth-order valence-corrected chi connectivity index (χ4v) is 1.93.